The smallest absolute Gasteiger partial charge is 0.250 e. The topological polar surface area (TPSA) is 84.2 Å². The van der Waals surface area contributed by atoms with Crippen molar-refractivity contribution in [2.24, 2.45) is 5.73 Å². The van der Waals surface area contributed by atoms with E-state index in [9.17, 15) is 9.59 Å². The number of carbonyl (C=O) groups excluding carboxylic acids is 2. The minimum absolute atomic E-state index is 0.0996. The van der Waals surface area contributed by atoms with E-state index >= 15 is 0 Å². The molecule has 1 atom stereocenters. The van der Waals surface area contributed by atoms with Gasteiger partial charge in [-0.25, -0.2) is 0 Å². The highest BCUT2D eigenvalue weighted by Crippen LogP contribution is 2.20. The highest BCUT2D eigenvalue weighted by Gasteiger charge is 2.20. The van der Waals surface area contributed by atoms with E-state index in [1.165, 1.54) is 6.07 Å². The zero-order valence-corrected chi connectivity index (χ0v) is 11.2. The number of nitrogens with two attached hydrogens (primary N) is 1. The number of piperidine rings is 1. The molecule has 5 nitrogen and oxygen atoms in total. The largest absolute Gasteiger partial charge is 0.366 e. The Morgan fingerprint density at radius 2 is 2.16 bits per heavy atom. The molecule has 1 aliphatic rings. The molecule has 1 aromatic rings. The van der Waals surface area contributed by atoms with Crippen molar-refractivity contribution in [3.63, 3.8) is 0 Å². The van der Waals surface area contributed by atoms with Gasteiger partial charge in [-0.15, -0.1) is 0 Å². The highest BCUT2D eigenvalue weighted by atomic mass is 35.5. The van der Waals surface area contributed by atoms with Crippen molar-refractivity contribution in [3.05, 3.63) is 28.8 Å². The number of halogens is 1. The molecule has 19 heavy (non-hydrogen) atoms. The number of primary amides is 1. The second kappa shape index (κ2) is 6.04. The molecule has 1 aromatic carbocycles. The summed E-state index contributed by atoms with van der Waals surface area (Å²) in [4.78, 5) is 23.2. The predicted molar refractivity (Wildman–Crippen MR) is 74.2 cm³/mol. The molecule has 0 bridgehead atoms. The fourth-order valence-electron chi connectivity index (χ4n) is 2.10. The lowest BCUT2D eigenvalue weighted by atomic mass is 10.0. The fourth-order valence-corrected chi connectivity index (χ4v) is 2.31. The van der Waals surface area contributed by atoms with Gasteiger partial charge in [0.2, 0.25) is 11.8 Å². The molecular weight excluding hydrogens is 266 g/mol. The summed E-state index contributed by atoms with van der Waals surface area (Å²) < 4.78 is 0. The summed E-state index contributed by atoms with van der Waals surface area (Å²) in [5.74, 6) is -0.714. The second-order valence-electron chi connectivity index (χ2n) is 4.55. The van der Waals surface area contributed by atoms with E-state index in [0.29, 0.717) is 5.69 Å². The van der Waals surface area contributed by atoms with Crippen LogP contribution in [0.4, 0.5) is 5.69 Å². The lowest BCUT2D eigenvalue weighted by Crippen LogP contribution is -2.43. The lowest BCUT2D eigenvalue weighted by Gasteiger charge is -2.22. The molecule has 1 fully saturated rings. The Kier molecular flexibility index (Phi) is 4.39. The summed E-state index contributed by atoms with van der Waals surface area (Å²) in [5, 5.41) is 6.20. The minimum Gasteiger partial charge on any atom is -0.366 e. The average molecular weight is 282 g/mol. The van der Waals surface area contributed by atoms with Crippen LogP contribution in [0.2, 0.25) is 5.02 Å². The third-order valence-corrected chi connectivity index (χ3v) is 3.46. The molecule has 1 saturated heterocycles. The summed E-state index contributed by atoms with van der Waals surface area (Å²) in [7, 11) is 0. The summed E-state index contributed by atoms with van der Waals surface area (Å²) >= 11 is 5.85. The average Bonchev–Trinajstić information content (AvgIpc) is 2.41. The fraction of sp³-hybridized carbons (Fsp3) is 0.385. The van der Waals surface area contributed by atoms with E-state index in [1.54, 1.807) is 12.1 Å². The first-order chi connectivity index (χ1) is 9.08. The van der Waals surface area contributed by atoms with Crippen molar-refractivity contribution in [3.8, 4) is 0 Å². The Morgan fingerprint density at radius 1 is 1.37 bits per heavy atom. The molecule has 4 N–H and O–H groups in total. The van der Waals surface area contributed by atoms with Crippen LogP contribution in [0.25, 0.3) is 0 Å². The normalized spacial score (nSPS) is 18.9. The summed E-state index contributed by atoms with van der Waals surface area (Å²) in [5.41, 5.74) is 5.94. The van der Waals surface area contributed by atoms with Crippen LogP contribution in [0.1, 0.15) is 29.6 Å². The van der Waals surface area contributed by atoms with E-state index in [-0.39, 0.29) is 22.5 Å². The van der Waals surface area contributed by atoms with Gasteiger partial charge in [-0.1, -0.05) is 18.0 Å². The Hall–Kier alpha value is -1.59. The molecule has 1 aliphatic heterocycles. The third-order valence-electron chi connectivity index (χ3n) is 3.13. The first-order valence-electron chi connectivity index (χ1n) is 6.21. The van der Waals surface area contributed by atoms with Crippen LogP contribution in [0.5, 0.6) is 0 Å². The van der Waals surface area contributed by atoms with Gasteiger partial charge in [-0.05, 0) is 37.6 Å². The Morgan fingerprint density at radius 3 is 2.79 bits per heavy atom. The van der Waals surface area contributed by atoms with Crippen molar-refractivity contribution in [1.29, 1.82) is 0 Å². The molecule has 0 spiro atoms. The first-order valence-corrected chi connectivity index (χ1v) is 6.59. The molecule has 0 aromatic heterocycles. The van der Waals surface area contributed by atoms with Crippen LogP contribution in [0, 0.1) is 0 Å². The summed E-state index contributed by atoms with van der Waals surface area (Å²) in [6.45, 7) is 0.852. The van der Waals surface area contributed by atoms with Crippen LogP contribution in [-0.4, -0.2) is 24.4 Å². The van der Waals surface area contributed by atoms with Crippen molar-refractivity contribution < 1.29 is 9.59 Å². The molecule has 0 aliphatic carbocycles. The maximum Gasteiger partial charge on any atom is 0.250 e. The SMILES string of the molecule is NC(=O)c1cc(NC(=O)C2CCCCN2)ccc1Cl. The molecule has 6 heteroatoms. The molecule has 2 amide bonds. The number of rotatable bonds is 3. The maximum atomic E-state index is 12.0. The molecule has 0 radical (unpaired) electrons. The number of benzene rings is 1. The van der Waals surface area contributed by atoms with E-state index in [2.05, 4.69) is 10.6 Å². The molecule has 2 rings (SSSR count). The zero-order valence-electron chi connectivity index (χ0n) is 10.4. The van der Waals surface area contributed by atoms with Gasteiger partial charge in [0.25, 0.3) is 0 Å². The second-order valence-corrected chi connectivity index (χ2v) is 4.96. The number of nitrogens with one attached hydrogen (secondary N) is 2. The van der Waals surface area contributed by atoms with Crippen molar-refractivity contribution in [2.75, 3.05) is 11.9 Å². The van der Waals surface area contributed by atoms with Gasteiger partial charge < -0.3 is 16.4 Å². The van der Waals surface area contributed by atoms with E-state index in [1.807, 2.05) is 0 Å². The monoisotopic (exact) mass is 281 g/mol. The van der Waals surface area contributed by atoms with E-state index in [4.69, 9.17) is 17.3 Å². The van der Waals surface area contributed by atoms with Gasteiger partial charge in [0, 0.05) is 5.69 Å². The Balaban J connectivity index is 2.08. The standard InChI is InChI=1S/C13H16ClN3O2/c14-10-5-4-8(7-9(10)12(15)18)17-13(19)11-3-1-2-6-16-11/h4-5,7,11,16H,1-3,6H2,(H2,15,18)(H,17,19). The number of carbonyl (C=O) groups is 2. The van der Waals surface area contributed by atoms with Gasteiger partial charge in [-0.3, -0.25) is 9.59 Å². The number of hydrogen-bond donors (Lipinski definition) is 3. The zero-order chi connectivity index (χ0) is 13.8. The van der Waals surface area contributed by atoms with Crippen molar-refractivity contribution in [1.82, 2.24) is 5.32 Å². The van der Waals surface area contributed by atoms with Gasteiger partial charge in [0.1, 0.15) is 0 Å². The van der Waals surface area contributed by atoms with Gasteiger partial charge in [-0.2, -0.15) is 0 Å². The summed E-state index contributed by atoms with van der Waals surface area (Å²) in [6, 6.07) is 4.51. The molecule has 1 heterocycles. The predicted octanol–water partition coefficient (Wildman–Crippen LogP) is 1.52. The molecular formula is C13H16ClN3O2. The van der Waals surface area contributed by atoms with Crippen LogP contribution in [0.15, 0.2) is 18.2 Å². The Labute approximate surface area is 116 Å². The van der Waals surface area contributed by atoms with Gasteiger partial charge in [0.15, 0.2) is 0 Å². The Bertz CT molecular complexity index is 499. The minimum atomic E-state index is -0.614. The number of hydrogen-bond acceptors (Lipinski definition) is 3. The van der Waals surface area contributed by atoms with Crippen LogP contribution >= 0.6 is 11.6 Å². The van der Waals surface area contributed by atoms with E-state index in [0.717, 1.165) is 25.8 Å². The molecule has 0 saturated carbocycles. The highest BCUT2D eigenvalue weighted by molar-refractivity contribution is 6.34. The van der Waals surface area contributed by atoms with Crippen molar-refractivity contribution in [2.45, 2.75) is 25.3 Å². The number of amides is 2. The first kappa shape index (κ1) is 13.8. The van der Waals surface area contributed by atoms with Crippen LogP contribution in [-0.2, 0) is 4.79 Å². The third kappa shape index (κ3) is 3.45. The van der Waals surface area contributed by atoms with Crippen LogP contribution < -0.4 is 16.4 Å². The quantitative estimate of drug-likeness (QED) is 0.785. The van der Waals surface area contributed by atoms with Crippen molar-refractivity contribution >= 4 is 29.1 Å². The van der Waals surface area contributed by atoms with Gasteiger partial charge in [0.05, 0.1) is 16.6 Å². The van der Waals surface area contributed by atoms with Gasteiger partial charge >= 0.3 is 0 Å². The van der Waals surface area contributed by atoms with Crippen LogP contribution in [0.3, 0.4) is 0 Å². The molecule has 1 unspecified atom stereocenters. The van der Waals surface area contributed by atoms with E-state index < -0.39 is 5.91 Å². The lowest BCUT2D eigenvalue weighted by molar-refractivity contribution is -0.118. The molecule has 102 valence electrons. The summed E-state index contributed by atoms with van der Waals surface area (Å²) in [6.07, 6.45) is 2.96. The maximum absolute atomic E-state index is 12.0. The number of anilines is 1.